The maximum absolute atomic E-state index is 13.2. The number of sulfonamides is 1. The van der Waals surface area contributed by atoms with Crippen LogP contribution in [0.25, 0.3) is 11.5 Å². The normalized spacial score (nSPS) is 23.0. The minimum atomic E-state index is -3.57. The van der Waals surface area contributed by atoms with Crippen LogP contribution in [-0.2, 0) is 19.6 Å². The molecule has 2 atom stereocenters. The monoisotopic (exact) mass is 513 g/mol. The molecule has 12 heteroatoms. The fourth-order valence-electron chi connectivity index (χ4n) is 4.61. The van der Waals surface area contributed by atoms with Crippen molar-refractivity contribution in [2.24, 2.45) is 5.92 Å². The molecular formula is C22H29ClFN5O4S. The molecule has 0 spiro atoms. The Morgan fingerprint density at radius 2 is 2.12 bits per heavy atom. The molecule has 2 saturated heterocycles. The van der Waals surface area contributed by atoms with Gasteiger partial charge in [0.1, 0.15) is 11.5 Å². The summed E-state index contributed by atoms with van der Waals surface area (Å²) in [5, 5.41) is 0.303. The van der Waals surface area contributed by atoms with E-state index in [0.29, 0.717) is 49.3 Å². The largest absolute Gasteiger partial charge is 0.375 e. The van der Waals surface area contributed by atoms with Gasteiger partial charge in [0, 0.05) is 32.5 Å². The highest BCUT2D eigenvalue weighted by Gasteiger charge is 2.42. The molecule has 0 radical (unpaired) electrons. The van der Waals surface area contributed by atoms with Gasteiger partial charge in [0.25, 0.3) is 0 Å². The van der Waals surface area contributed by atoms with Gasteiger partial charge in [-0.3, -0.25) is 4.79 Å². The smallest absolute Gasteiger partial charge is 0.223 e. The van der Waals surface area contributed by atoms with Gasteiger partial charge in [-0.25, -0.2) is 27.1 Å². The zero-order valence-corrected chi connectivity index (χ0v) is 21.0. The number of nitrogens with zero attached hydrogens (tertiary/aromatic N) is 4. The van der Waals surface area contributed by atoms with Crippen molar-refractivity contribution in [2.45, 2.75) is 38.2 Å². The first kappa shape index (κ1) is 25.0. The van der Waals surface area contributed by atoms with Gasteiger partial charge in [0.15, 0.2) is 11.0 Å². The molecule has 0 aromatic carbocycles. The summed E-state index contributed by atoms with van der Waals surface area (Å²) in [5.74, 6) is -0.430. The molecule has 2 aromatic rings. The molecule has 4 heterocycles. The Morgan fingerprint density at radius 3 is 2.74 bits per heavy atom. The first-order valence-corrected chi connectivity index (χ1v) is 13.2. The van der Waals surface area contributed by atoms with E-state index in [2.05, 4.69) is 15.0 Å². The third-order valence-electron chi connectivity index (χ3n) is 6.76. The van der Waals surface area contributed by atoms with E-state index in [1.807, 2.05) is 13.8 Å². The summed E-state index contributed by atoms with van der Waals surface area (Å²) in [7, 11) is -1.97. The minimum absolute atomic E-state index is 0.0184. The molecule has 0 saturated carbocycles. The van der Waals surface area contributed by atoms with Gasteiger partial charge in [-0.05, 0) is 31.4 Å². The average Bonchev–Trinajstić information content (AvgIpc) is 3.17. The van der Waals surface area contributed by atoms with Gasteiger partial charge in [-0.1, -0.05) is 18.5 Å². The number of hydrogen-bond donors (Lipinski definition) is 1. The van der Waals surface area contributed by atoms with E-state index in [9.17, 15) is 17.6 Å². The van der Waals surface area contributed by atoms with Gasteiger partial charge < -0.3 is 14.6 Å². The standard InChI is InChI=1S/C22H29ClFN5O4S/c1-14-11-29(34(31,32)9-7-18(30)28-12-22(2,13-28)33-3)8-6-16(14)19-20(23)27-21(26-19)17-5-4-15(24)10-25-17/h4-5,10,14,16H,6-9,11-13H2,1-3H3,(H,26,27)/t14-,16+/m0/s1. The lowest BCUT2D eigenvalue weighted by Crippen LogP contribution is -2.62. The van der Waals surface area contributed by atoms with Crippen molar-refractivity contribution in [3.05, 3.63) is 35.0 Å². The average molecular weight is 514 g/mol. The lowest BCUT2D eigenvalue weighted by Gasteiger charge is -2.46. The van der Waals surface area contributed by atoms with E-state index in [0.717, 1.165) is 11.9 Å². The summed E-state index contributed by atoms with van der Waals surface area (Å²) in [5.41, 5.74) is 0.855. The van der Waals surface area contributed by atoms with E-state index in [4.69, 9.17) is 16.3 Å². The third-order valence-corrected chi connectivity index (χ3v) is 8.88. The van der Waals surface area contributed by atoms with E-state index in [1.54, 1.807) is 12.0 Å². The summed E-state index contributed by atoms with van der Waals surface area (Å²) < 4.78 is 45.8. The minimum Gasteiger partial charge on any atom is -0.375 e. The molecule has 2 aliphatic rings. The molecular weight excluding hydrogens is 485 g/mol. The Bertz CT molecular complexity index is 1150. The summed E-state index contributed by atoms with van der Waals surface area (Å²) in [6.07, 6.45) is 1.63. The molecule has 1 amide bonds. The fraction of sp³-hybridized carbons (Fsp3) is 0.591. The van der Waals surface area contributed by atoms with Crippen LogP contribution in [0, 0.1) is 11.7 Å². The zero-order chi connectivity index (χ0) is 24.7. The molecule has 2 fully saturated rings. The molecule has 186 valence electrons. The highest BCUT2D eigenvalue weighted by Crippen LogP contribution is 2.37. The number of hydrogen-bond acceptors (Lipinski definition) is 6. The summed E-state index contributed by atoms with van der Waals surface area (Å²) >= 11 is 6.39. The number of aromatic amines is 1. The predicted octanol–water partition coefficient (Wildman–Crippen LogP) is 2.66. The SMILES string of the molecule is COC1(C)CN(C(=O)CCS(=O)(=O)N2CC[C@@H](c3[nH]c(-c4ccc(F)cn4)nc3Cl)[C@@H](C)C2)C1. The van der Waals surface area contributed by atoms with Gasteiger partial charge >= 0.3 is 0 Å². The van der Waals surface area contributed by atoms with Crippen LogP contribution in [0.15, 0.2) is 18.3 Å². The second-order valence-electron chi connectivity index (χ2n) is 9.35. The quantitative estimate of drug-likeness (QED) is 0.609. The highest BCUT2D eigenvalue weighted by molar-refractivity contribution is 7.89. The van der Waals surface area contributed by atoms with Crippen molar-refractivity contribution in [3.63, 3.8) is 0 Å². The van der Waals surface area contributed by atoms with Crippen LogP contribution < -0.4 is 0 Å². The van der Waals surface area contributed by atoms with Crippen molar-refractivity contribution < 1.29 is 22.3 Å². The Kier molecular flexibility index (Phi) is 7.01. The van der Waals surface area contributed by atoms with Crippen LogP contribution in [0.5, 0.6) is 0 Å². The Morgan fingerprint density at radius 1 is 1.38 bits per heavy atom. The van der Waals surface area contributed by atoms with E-state index < -0.39 is 15.8 Å². The maximum atomic E-state index is 13.2. The number of carbonyl (C=O) groups is 1. The van der Waals surface area contributed by atoms with Crippen LogP contribution in [-0.4, -0.2) is 83.1 Å². The van der Waals surface area contributed by atoms with Gasteiger partial charge in [0.2, 0.25) is 15.9 Å². The number of rotatable bonds is 7. The van der Waals surface area contributed by atoms with Crippen molar-refractivity contribution >= 4 is 27.5 Å². The number of likely N-dealkylation sites (tertiary alicyclic amines) is 1. The Hall–Kier alpha value is -2.08. The summed E-state index contributed by atoms with van der Waals surface area (Å²) in [6, 6.07) is 2.82. The molecule has 2 aliphatic heterocycles. The summed E-state index contributed by atoms with van der Waals surface area (Å²) in [4.78, 5) is 25.5. The van der Waals surface area contributed by atoms with E-state index in [-0.39, 0.29) is 35.5 Å². The van der Waals surface area contributed by atoms with E-state index in [1.165, 1.54) is 16.4 Å². The molecule has 0 aliphatic carbocycles. The van der Waals surface area contributed by atoms with Gasteiger partial charge in [-0.15, -0.1) is 0 Å². The van der Waals surface area contributed by atoms with Gasteiger partial charge in [-0.2, -0.15) is 0 Å². The number of amides is 1. The second-order valence-corrected chi connectivity index (χ2v) is 11.8. The molecule has 9 nitrogen and oxygen atoms in total. The number of aromatic nitrogens is 3. The summed E-state index contributed by atoms with van der Waals surface area (Å²) in [6.45, 7) is 5.50. The van der Waals surface area contributed by atoms with Crippen LogP contribution in [0.4, 0.5) is 4.39 Å². The molecule has 34 heavy (non-hydrogen) atoms. The second kappa shape index (κ2) is 9.52. The van der Waals surface area contributed by atoms with Gasteiger partial charge in [0.05, 0.1) is 36.3 Å². The van der Waals surface area contributed by atoms with Crippen molar-refractivity contribution in [3.8, 4) is 11.5 Å². The molecule has 1 N–H and O–H groups in total. The fourth-order valence-corrected chi connectivity index (χ4v) is 6.42. The molecule has 0 unspecified atom stereocenters. The number of nitrogens with one attached hydrogen (secondary N) is 1. The third kappa shape index (κ3) is 5.12. The van der Waals surface area contributed by atoms with Crippen LogP contribution in [0.1, 0.15) is 38.3 Å². The number of imidazole rings is 1. The zero-order valence-electron chi connectivity index (χ0n) is 19.4. The van der Waals surface area contributed by atoms with Crippen molar-refractivity contribution in [1.29, 1.82) is 0 Å². The molecule has 2 aromatic heterocycles. The highest BCUT2D eigenvalue weighted by atomic mass is 35.5. The topological polar surface area (TPSA) is 108 Å². The maximum Gasteiger partial charge on any atom is 0.223 e. The first-order valence-electron chi connectivity index (χ1n) is 11.2. The first-order chi connectivity index (χ1) is 16.0. The number of pyridine rings is 1. The number of H-pyrrole nitrogens is 1. The Labute approximate surface area is 203 Å². The van der Waals surface area contributed by atoms with Crippen molar-refractivity contribution in [1.82, 2.24) is 24.2 Å². The number of methoxy groups -OCH3 is 1. The van der Waals surface area contributed by atoms with Crippen molar-refractivity contribution in [2.75, 3.05) is 39.0 Å². The number of ether oxygens (including phenoxy) is 1. The lowest BCUT2D eigenvalue weighted by atomic mass is 9.86. The van der Waals surface area contributed by atoms with Crippen LogP contribution in [0.3, 0.4) is 0 Å². The lowest BCUT2D eigenvalue weighted by molar-refractivity contribution is -0.157. The van der Waals surface area contributed by atoms with Crippen LogP contribution in [0.2, 0.25) is 5.15 Å². The van der Waals surface area contributed by atoms with Crippen LogP contribution >= 0.6 is 11.6 Å². The number of halogens is 2. The number of piperidine rings is 1. The Balaban J connectivity index is 1.36. The molecule has 4 rings (SSSR count). The molecule has 0 bridgehead atoms. The van der Waals surface area contributed by atoms with E-state index >= 15 is 0 Å². The predicted molar refractivity (Wildman–Crippen MR) is 125 cm³/mol. The number of carbonyl (C=O) groups excluding carboxylic acids is 1.